The third kappa shape index (κ3) is 6.48. The van der Waals surface area contributed by atoms with Gasteiger partial charge < -0.3 is 5.73 Å². The van der Waals surface area contributed by atoms with E-state index in [2.05, 4.69) is 32.9 Å². The number of hydrogen-bond acceptors (Lipinski definition) is 1. The molecule has 0 radical (unpaired) electrons. The largest absolute Gasteiger partial charge is 0.328 e. The van der Waals surface area contributed by atoms with Crippen molar-refractivity contribution in [3.05, 3.63) is 35.9 Å². The summed E-state index contributed by atoms with van der Waals surface area (Å²) in [5.74, 6) is 1.72. The minimum atomic E-state index is 0.479. The summed E-state index contributed by atoms with van der Waals surface area (Å²) in [7, 11) is 0. The lowest BCUT2D eigenvalue weighted by molar-refractivity contribution is 0.465. The molecule has 2 rings (SSSR count). The summed E-state index contributed by atoms with van der Waals surface area (Å²) in [6.07, 6.45) is 5.25. The molecule has 1 saturated carbocycles. The molecule has 1 nitrogen and oxygen atoms in total. The summed E-state index contributed by atoms with van der Waals surface area (Å²) in [5, 5.41) is 0. The maximum Gasteiger partial charge on any atom is 0.00439 e. The maximum atomic E-state index is 5.92. The highest BCUT2D eigenvalue weighted by Crippen LogP contribution is 2.25. The lowest BCUT2D eigenvalue weighted by Gasteiger charge is -2.11. The van der Waals surface area contributed by atoms with Crippen LogP contribution in [0.5, 0.6) is 0 Å². The zero-order valence-corrected chi connectivity index (χ0v) is 11.5. The van der Waals surface area contributed by atoms with Crippen LogP contribution in [-0.2, 0) is 0 Å². The van der Waals surface area contributed by atoms with Crippen LogP contribution in [-0.4, -0.2) is 6.04 Å². The van der Waals surface area contributed by atoms with Crippen LogP contribution >= 0.6 is 0 Å². The first-order chi connectivity index (χ1) is 8.08. The molecule has 1 aromatic rings. The Bertz CT molecular complexity index is 282. The molecule has 1 aliphatic carbocycles. The Kier molecular flexibility index (Phi) is 6.28. The van der Waals surface area contributed by atoms with Crippen molar-refractivity contribution in [3.8, 4) is 0 Å². The van der Waals surface area contributed by atoms with Crippen LogP contribution in [0.1, 0.15) is 45.1 Å². The van der Waals surface area contributed by atoms with E-state index in [0.29, 0.717) is 6.04 Å². The summed E-state index contributed by atoms with van der Waals surface area (Å²) < 4.78 is 0. The molecule has 0 aromatic heterocycles. The van der Waals surface area contributed by atoms with Crippen LogP contribution < -0.4 is 5.73 Å². The highest BCUT2D eigenvalue weighted by molar-refractivity contribution is 5.11. The molecule has 0 saturated heterocycles. The highest BCUT2D eigenvalue weighted by Gasteiger charge is 2.17. The van der Waals surface area contributed by atoms with Crippen molar-refractivity contribution in [1.29, 1.82) is 0 Å². The second-order valence-corrected chi connectivity index (χ2v) is 5.67. The SMILES string of the molecule is C[C@@H]1CC[C@H](C)CC(N)C1.Cc1ccccc1. The quantitative estimate of drug-likeness (QED) is 0.669. The molecule has 0 bridgehead atoms. The molecule has 0 spiro atoms. The van der Waals surface area contributed by atoms with Gasteiger partial charge in [0.2, 0.25) is 0 Å². The highest BCUT2D eigenvalue weighted by atomic mass is 14.6. The van der Waals surface area contributed by atoms with Crippen LogP contribution in [0.4, 0.5) is 0 Å². The lowest BCUT2D eigenvalue weighted by atomic mass is 10.0. The maximum absolute atomic E-state index is 5.92. The van der Waals surface area contributed by atoms with Gasteiger partial charge in [0.25, 0.3) is 0 Å². The summed E-state index contributed by atoms with van der Waals surface area (Å²) >= 11 is 0. The Morgan fingerprint density at radius 2 is 1.41 bits per heavy atom. The first-order valence-corrected chi connectivity index (χ1v) is 6.85. The van der Waals surface area contributed by atoms with E-state index in [1.807, 2.05) is 18.2 Å². The van der Waals surface area contributed by atoms with E-state index in [1.165, 1.54) is 31.2 Å². The Morgan fingerprint density at radius 1 is 0.941 bits per heavy atom. The van der Waals surface area contributed by atoms with Crippen molar-refractivity contribution in [2.45, 2.75) is 52.5 Å². The van der Waals surface area contributed by atoms with Crippen LogP contribution in [0.2, 0.25) is 0 Å². The van der Waals surface area contributed by atoms with Crippen molar-refractivity contribution in [2.24, 2.45) is 17.6 Å². The van der Waals surface area contributed by atoms with Gasteiger partial charge in [0.15, 0.2) is 0 Å². The minimum Gasteiger partial charge on any atom is -0.328 e. The Morgan fingerprint density at radius 3 is 1.76 bits per heavy atom. The van der Waals surface area contributed by atoms with Gasteiger partial charge in [-0.1, -0.05) is 62.6 Å². The van der Waals surface area contributed by atoms with E-state index >= 15 is 0 Å². The molecule has 0 amide bonds. The standard InChI is InChI=1S/C9H19N.C7H8/c1-7-3-4-8(2)6-9(10)5-7;1-7-5-3-2-4-6-7/h7-9H,3-6,10H2,1-2H3;2-6H,1H3/t7-,8+,9?;. The number of nitrogens with two attached hydrogens (primary N) is 1. The molecule has 3 atom stereocenters. The van der Waals surface area contributed by atoms with Crippen LogP contribution in [0.3, 0.4) is 0 Å². The normalized spacial score (nSPS) is 28.8. The van der Waals surface area contributed by atoms with Gasteiger partial charge in [-0.25, -0.2) is 0 Å². The number of benzene rings is 1. The summed E-state index contributed by atoms with van der Waals surface area (Å²) in [6, 6.07) is 10.7. The van der Waals surface area contributed by atoms with Gasteiger partial charge >= 0.3 is 0 Å². The average Bonchev–Trinajstić information content (AvgIpc) is 2.41. The molecule has 1 aromatic carbocycles. The summed E-state index contributed by atoms with van der Waals surface area (Å²) in [5.41, 5.74) is 7.24. The van der Waals surface area contributed by atoms with Gasteiger partial charge in [-0.3, -0.25) is 0 Å². The van der Waals surface area contributed by atoms with Crippen molar-refractivity contribution < 1.29 is 0 Å². The van der Waals surface area contributed by atoms with Crippen LogP contribution in [0.25, 0.3) is 0 Å². The first-order valence-electron chi connectivity index (χ1n) is 6.85. The molecule has 1 fully saturated rings. The summed E-state index contributed by atoms with van der Waals surface area (Å²) in [6.45, 7) is 6.72. The van der Waals surface area contributed by atoms with E-state index in [-0.39, 0.29) is 0 Å². The molecule has 96 valence electrons. The smallest absolute Gasteiger partial charge is 0.00439 e. The van der Waals surface area contributed by atoms with Crippen LogP contribution in [0, 0.1) is 18.8 Å². The molecule has 1 aliphatic rings. The van der Waals surface area contributed by atoms with Gasteiger partial charge in [-0.15, -0.1) is 0 Å². The van der Waals surface area contributed by atoms with E-state index in [0.717, 1.165) is 11.8 Å². The third-order valence-electron chi connectivity index (χ3n) is 3.50. The molecule has 1 heteroatoms. The van der Waals surface area contributed by atoms with Gasteiger partial charge in [-0.2, -0.15) is 0 Å². The second kappa shape index (κ2) is 7.50. The average molecular weight is 233 g/mol. The third-order valence-corrected chi connectivity index (χ3v) is 3.50. The summed E-state index contributed by atoms with van der Waals surface area (Å²) in [4.78, 5) is 0. The fourth-order valence-electron chi connectivity index (χ4n) is 2.47. The van der Waals surface area contributed by atoms with Crippen molar-refractivity contribution in [2.75, 3.05) is 0 Å². The molecule has 1 unspecified atom stereocenters. The van der Waals surface area contributed by atoms with Gasteiger partial charge in [-0.05, 0) is 31.6 Å². The fraction of sp³-hybridized carbons (Fsp3) is 0.625. The van der Waals surface area contributed by atoms with E-state index in [4.69, 9.17) is 5.73 Å². The lowest BCUT2D eigenvalue weighted by Crippen LogP contribution is -2.22. The monoisotopic (exact) mass is 233 g/mol. The van der Waals surface area contributed by atoms with Gasteiger partial charge in [0, 0.05) is 6.04 Å². The first kappa shape index (κ1) is 14.2. The topological polar surface area (TPSA) is 26.0 Å². The zero-order valence-electron chi connectivity index (χ0n) is 11.5. The predicted molar refractivity (Wildman–Crippen MR) is 76.0 cm³/mol. The Hall–Kier alpha value is -0.820. The number of aryl methyl sites for hydroxylation is 1. The zero-order chi connectivity index (χ0) is 12.7. The molecular formula is C16H27N. The molecular weight excluding hydrogens is 206 g/mol. The Labute approximate surface area is 106 Å². The minimum absolute atomic E-state index is 0.479. The molecule has 17 heavy (non-hydrogen) atoms. The molecule has 0 heterocycles. The molecule has 0 aliphatic heterocycles. The van der Waals surface area contributed by atoms with Crippen molar-refractivity contribution >= 4 is 0 Å². The van der Waals surface area contributed by atoms with Gasteiger partial charge in [0.05, 0.1) is 0 Å². The molecule has 2 N–H and O–H groups in total. The second-order valence-electron chi connectivity index (χ2n) is 5.67. The fourth-order valence-corrected chi connectivity index (χ4v) is 2.47. The predicted octanol–water partition coefficient (Wildman–Crippen LogP) is 4.15. The van der Waals surface area contributed by atoms with E-state index in [9.17, 15) is 0 Å². The van der Waals surface area contributed by atoms with E-state index < -0.39 is 0 Å². The van der Waals surface area contributed by atoms with Crippen molar-refractivity contribution in [3.63, 3.8) is 0 Å². The number of rotatable bonds is 0. The van der Waals surface area contributed by atoms with Crippen LogP contribution in [0.15, 0.2) is 30.3 Å². The number of hydrogen-bond donors (Lipinski definition) is 1. The van der Waals surface area contributed by atoms with Gasteiger partial charge in [0.1, 0.15) is 0 Å². The van der Waals surface area contributed by atoms with Crippen molar-refractivity contribution in [1.82, 2.24) is 0 Å². The Balaban J connectivity index is 0.000000181. The van der Waals surface area contributed by atoms with E-state index in [1.54, 1.807) is 0 Å².